The molecule has 0 saturated heterocycles. The van der Waals surface area contributed by atoms with Gasteiger partial charge in [0.15, 0.2) is 11.6 Å². The summed E-state index contributed by atoms with van der Waals surface area (Å²) in [6.07, 6.45) is 4.42. The lowest BCUT2D eigenvalue weighted by Gasteiger charge is -2.08. The molecule has 120 valence electrons. The third kappa shape index (κ3) is 3.70. The third-order valence-corrected chi connectivity index (χ3v) is 3.85. The predicted octanol–water partition coefficient (Wildman–Crippen LogP) is 5.33. The molecule has 0 aliphatic rings. The van der Waals surface area contributed by atoms with Crippen molar-refractivity contribution in [3.8, 4) is 17.1 Å². The molecular weight excluding hydrogens is 291 g/mol. The van der Waals surface area contributed by atoms with E-state index in [4.69, 9.17) is 4.74 Å². The van der Waals surface area contributed by atoms with Crippen LogP contribution in [0.15, 0.2) is 42.5 Å². The van der Waals surface area contributed by atoms with Crippen molar-refractivity contribution in [1.29, 1.82) is 0 Å². The molecule has 3 nitrogen and oxygen atoms in total. The molecular formula is C19H21FN2O. The third-order valence-electron chi connectivity index (χ3n) is 3.85. The summed E-state index contributed by atoms with van der Waals surface area (Å²) in [7, 11) is 0. The molecule has 0 saturated carbocycles. The van der Waals surface area contributed by atoms with Crippen molar-refractivity contribution in [1.82, 2.24) is 9.97 Å². The second-order valence-corrected chi connectivity index (χ2v) is 5.66. The average molecular weight is 312 g/mol. The number of benzene rings is 2. The van der Waals surface area contributed by atoms with E-state index in [-0.39, 0.29) is 5.82 Å². The van der Waals surface area contributed by atoms with E-state index in [1.54, 1.807) is 12.1 Å². The van der Waals surface area contributed by atoms with Crippen LogP contribution in [0.2, 0.25) is 0 Å². The zero-order chi connectivity index (χ0) is 16.1. The van der Waals surface area contributed by atoms with E-state index in [1.165, 1.54) is 18.9 Å². The Bertz CT molecular complexity index is 749. The molecule has 0 unspecified atom stereocenters. The van der Waals surface area contributed by atoms with E-state index in [0.29, 0.717) is 12.4 Å². The van der Waals surface area contributed by atoms with Crippen LogP contribution >= 0.6 is 0 Å². The first-order valence-corrected chi connectivity index (χ1v) is 8.15. The van der Waals surface area contributed by atoms with E-state index in [2.05, 4.69) is 16.9 Å². The number of aromatic nitrogens is 2. The molecule has 0 fully saturated rings. The van der Waals surface area contributed by atoms with Gasteiger partial charge >= 0.3 is 0 Å². The van der Waals surface area contributed by atoms with E-state index < -0.39 is 0 Å². The van der Waals surface area contributed by atoms with Crippen LogP contribution in [-0.4, -0.2) is 16.6 Å². The van der Waals surface area contributed by atoms with Crippen LogP contribution in [0.5, 0.6) is 5.75 Å². The molecule has 2 aromatic carbocycles. The smallest absolute Gasteiger partial charge is 0.165 e. The quantitative estimate of drug-likeness (QED) is 0.599. The Balaban J connectivity index is 1.76. The van der Waals surface area contributed by atoms with Gasteiger partial charge in [0.1, 0.15) is 5.82 Å². The Labute approximate surface area is 135 Å². The minimum absolute atomic E-state index is 0.291. The number of fused-ring (bicyclic) bond motifs is 1. The van der Waals surface area contributed by atoms with Gasteiger partial charge in [-0.15, -0.1) is 0 Å². The Morgan fingerprint density at radius 1 is 1.09 bits per heavy atom. The highest BCUT2D eigenvalue weighted by Crippen LogP contribution is 2.26. The number of aromatic amines is 1. The highest BCUT2D eigenvalue weighted by molar-refractivity contribution is 5.79. The summed E-state index contributed by atoms with van der Waals surface area (Å²) in [4.78, 5) is 7.79. The molecule has 23 heavy (non-hydrogen) atoms. The molecule has 0 amide bonds. The summed E-state index contributed by atoms with van der Waals surface area (Å²) < 4.78 is 19.5. The van der Waals surface area contributed by atoms with Crippen molar-refractivity contribution in [2.24, 2.45) is 0 Å². The Morgan fingerprint density at radius 2 is 1.96 bits per heavy atom. The highest BCUT2D eigenvalue weighted by Gasteiger charge is 2.09. The van der Waals surface area contributed by atoms with Gasteiger partial charge in [-0.2, -0.15) is 0 Å². The molecule has 0 atom stereocenters. The summed E-state index contributed by atoms with van der Waals surface area (Å²) in [6, 6.07) is 12.7. The first kappa shape index (κ1) is 15.5. The van der Waals surface area contributed by atoms with Crippen LogP contribution in [0.4, 0.5) is 4.39 Å². The molecule has 0 radical (unpaired) electrons. The standard InChI is InChI=1S/C19H21FN2O/c1-2-3-4-7-12-23-18-13-14(10-11-15(18)20)19-21-16-8-5-6-9-17(16)22-19/h5-6,8-11,13H,2-4,7,12H2,1H3,(H,21,22). The molecule has 0 spiro atoms. The second kappa shape index (κ2) is 7.27. The van der Waals surface area contributed by atoms with Crippen LogP contribution in [0, 0.1) is 5.82 Å². The molecule has 0 bridgehead atoms. The van der Waals surface area contributed by atoms with Crippen molar-refractivity contribution in [3.63, 3.8) is 0 Å². The van der Waals surface area contributed by atoms with Crippen LogP contribution < -0.4 is 4.74 Å². The number of hydrogen-bond acceptors (Lipinski definition) is 2. The molecule has 3 aromatic rings. The number of hydrogen-bond donors (Lipinski definition) is 1. The summed E-state index contributed by atoms with van der Waals surface area (Å²) in [5.41, 5.74) is 2.69. The number of nitrogens with one attached hydrogen (secondary N) is 1. The highest BCUT2D eigenvalue weighted by atomic mass is 19.1. The largest absolute Gasteiger partial charge is 0.490 e. The summed E-state index contributed by atoms with van der Waals surface area (Å²) in [5.74, 6) is 0.682. The van der Waals surface area contributed by atoms with Gasteiger partial charge in [0.05, 0.1) is 17.6 Å². The normalized spacial score (nSPS) is 11.0. The van der Waals surface area contributed by atoms with Gasteiger partial charge < -0.3 is 9.72 Å². The van der Waals surface area contributed by atoms with E-state index in [9.17, 15) is 4.39 Å². The molecule has 1 heterocycles. The Hall–Kier alpha value is -2.36. The fourth-order valence-electron chi connectivity index (χ4n) is 2.56. The zero-order valence-corrected chi connectivity index (χ0v) is 13.3. The fraction of sp³-hybridized carbons (Fsp3) is 0.316. The molecule has 3 rings (SSSR count). The number of rotatable bonds is 7. The van der Waals surface area contributed by atoms with Crippen molar-refractivity contribution < 1.29 is 9.13 Å². The monoisotopic (exact) mass is 312 g/mol. The number of nitrogens with zero attached hydrogens (tertiary/aromatic N) is 1. The Morgan fingerprint density at radius 3 is 2.78 bits per heavy atom. The van der Waals surface area contributed by atoms with E-state index >= 15 is 0 Å². The average Bonchev–Trinajstić information content (AvgIpc) is 3.00. The maximum Gasteiger partial charge on any atom is 0.165 e. The van der Waals surface area contributed by atoms with Crippen LogP contribution in [0.25, 0.3) is 22.4 Å². The molecule has 1 N–H and O–H groups in total. The van der Waals surface area contributed by atoms with Crippen molar-refractivity contribution in [3.05, 3.63) is 48.3 Å². The summed E-state index contributed by atoms with van der Waals surface area (Å²) in [6.45, 7) is 2.71. The number of ether oxygens (including phenoxy) is 1. The number of H-pyrrole nitrogens is 1. The van der Waals surface area contributed by atoms with Crippen LogP contribution in [-0.2, 0) is 0 Å². The molecule has 4 heteroatoms. The molecule has 0 aliphatic carbocycles. The van der Waals surface area contributed by atoms with Gasteiger partial charge in [-0.3, -0.25) is 0 Å². The first-order chi connectivity index (χ1) is 11.3. The number of imidazole rings is 1. The SMILES string of the molecule is CCCCCCOc1cc(-c2nc3ccccc3[nH]2)ccc1F. The van der Waals surface area contributed by atoms with Crippen molar-refractivity contribution >= 4 is 11.0 Å². The molecule has 0 aliphatic heterocycles. The van der Waals surface area contributed by atoms with Crippen LogP contribution in [0.1, 0.15) is 32.6 Å². The van der Waals surface area contributed by atoms with E-state index in [1.807, 2.05) is 24.3 Å². The van der Waals surface area contributed by atoms with Gasteiger partial charge in [0.25, 0.3) is 0 Å². The number of halogens is 1. The lowest BCUT2D eigenvalue weighted by atomic mass is 10.2. The second-order valence-electron chi connectivity index (χ2n) is 5.66. The summed E-state index contributed by atoms with van der Waals surface area (Å²) >= 11 is 0. The van der Waals surface area contributed by atoms with Crippen LogP contribution in [0.3, 0.4) is 0 Å². The fourth-order valence-corrected chi connectivity index (χ4v) is 2.56. The lowest BCUT2D eigenvalue weighted by molar-refractivity contribution is 0.290. The van der Waals surface area contributed by atoms with Crippen molar-refractivity contribution in [2.75, 3.05) is 6.61 Å². The molecule has 1 aromatic heterocycles. The predicted molar refractivity (Wildman–Crippen MR) is 91.1 cm³/mol. The van der Waals surface area contributed by atoms with Gasteiger partial charge in [-0.1, -0.05) is 38.3 Å². The number of para-hydroxylation sites is 2. The van der Waals surface area contributed by atoms with Gasteiger partial charge in [0, 0.05) is 5.56 Å². The number of unbranched alkanes of at least 4 members (excludes halogenated alkanes) is 3. The first-order valence-electron chi connectivity index (χ1n) is 8.15. The Kier molecular flexibility index (Phi) is 4.91. The minimum Gasteiger partial charge on any atom is -0.490 e. The van der Waals surface area contributed by atoms with Gasteiger partial charge in [-0.05, 0) is 36.8 Å². The zero-order valence-electron chi connectivity index (χ0n) is 13.3. The lowest BCUT2D eigenvalue weighted by Crippen LogP contribution is -1.99. The van der Waals surface area contributed by atoms with Crippen molar-refractivity contribution in [2.45, 2.75) is 32.6 Å². The summed E-state index contributed by atoms with van der Waals surface area (Å²) in [5, 5.41) is 0. The topological polar surface area (TPSA) is 37.9 Å². The minimum atomic E-state index is -0.333. The van der Waals surface area contributed by atoms with Gasteiger partial charge in [0.2, 0.25) is 0 Å². The van der Waals surface area contributed by atoms with Gasteiger partial charge in [-0.25, -0.2) is 9.37 Å². The van der Waals surface area contributed by atoms with E-state index in [0.717, 1.165) is 35.3 Å². The maximum atomic E-state index is 13.9. The maximum absolute atomic E-state index is 13.9.